The van der Waals surface area contributed by atoms with Crippen molar-refractivity contribution in [3.63, 3.8) is 0 Å². The van der Waals surface area contributed by atoms with Crippen molar-refractivity contribution in [3.8, 4) is 0 Å². The largest absolute Gasteiger partial charge is 0.372 e. The van der Waals surface area contributed by atoms with Gasteiger partial charge in [0.15, 0.2) is 0 Å². The molecule has 2 heteroatoms. The van der Waals surface area contributed by atoms with Gasteiger partial charge in [0.05, 0.1) is 12.7 Å². The fraction of sp³-hybridized carbons (Fsp3) is 0.647. The van der Waals surface area contributed by atoms with Crippen LogP contribution in [0.5, 0.6) is 0 Å². The Kier molecular flexibility index (Phi) is 5.41. The molecule has 1 aliphatic rings. The molecule has 2 unspecified atom stereocenters. The van der Waals surface area contributed by atoms with E-state index in [9.17, 15) is 0 Å². The quantitative estimate of drug-likeness (QED) is 0.870. The van der Waals surface area contributed by atoms with Crippen LogP contribution in [0.1, 0.15) is 56.3 Å². The molecule has 0 saturated heterocycles. The van der Waals surface area contributed by atoms with E-state index in [0.29, 0.717) is 0 Å². The summed E-state index contributed by atoms with van der Waals surface area (Å²) in [7, 11) is 0. The first kappa shape index (κ1) is 14.5. The van der Waals surface area contributed by atoms with Gasteiger partial charge in [0, 0.05) is 6.04 Å². The molecule has 1 aliphatic carbocycles. The molecule has 0 amide bonds. The Morgan fingerprint density at radius 1 is 1.21 bits per heavy atom. The van der Waals surface area contributed by atoms with E-state index in [1.165, 1.54) is 43.2 Å². The van der Waals surface area contributed by atoms with Gasteiger partial charge in [0.2, 0.25) is 0 Å². The van der Waals surface area contributed by atoms with E-state index in [1.54, 1.807) is 0 Å². The molecule has 2 N–H and O–H groups in total. The molecule has 0 spiro atoms. The molecule has 0 heterocycles. The zero-order valence-electron chi connectivity index (χ0n) is 12.3. The van der Waals surface area contributed by atoms with Gasteiger partial charge < -0.3 is 10.5 Å². The molecule has 1 fully saturated rings. The van der Waals surface area contributed by atoms with Crippen molar-refractivity contribution in [2.45, 2.75) is 58.1 Å². The minimum atomic E-state index is 0.0307. The molecule has 1 saturated carbocycles. The van der Waals surface area contributed by atoms with Gasteiger partial charge in [-0.05, 0) is 43.7 Å². The third kappa shape index (κ3) is 4.05. The predicted octanol–water partition coefficient (Wildman–Crippen LogP) is 3.98. The second-order valence-corrected chi connectivity index (χ2v) is 5.97. The monoisotopic (exact) mass is 261 g/mol. The zero-order valence-corrected chi connectivity index (χ0v) is 12.3. The van der Waals surface area contributed by atoms with E-state index in [-0.39, 0.29) is 12.1 Å². The lowest BCUT2D eigenvalue weighted by Gasteiger charge is -2.28. The van der Waals surface area contributed by atoms with E-state index in [2.05, 4.69) is 31.2 Å². The standard InChI is InChI=1S/C17H27NO/c1-13-8-6-7-11-16(13)17(14(2)18)19-12-15-9-4-3-5-10-15/h6-8,11,14-15,17H,3-5,9-10,12,18H2,1-2H3. The molecule has 2 nitrogen and oxygen atoms in total. The van der Waals surface area contributed by atoms with Crippen molar-refractivity contribution in [2.75, 3.05) is 6.61 Å². The summed E-state index contributed by atoms with van der Waals surface area (Å²) in [4.78, 5) is 0. The van der Waals surface area contributed by atoms with Crippen molar-refractivity contribution in [2.24, 2.45) is 11.7 Å². The molecular formula is C17H27NO. The van der Waals surface area contributed by atoms with Crippen molar-refractivity contribution in [3.05, 3.63) is 35.4 Å². The fourth-order valence-corrected chi connectivity index (χ4v) is 3.02. The highest BCUT2D eigenvalue weighted by Gasteiger charge is 2.21. The smallest absolute Gasteiger partial charge is 0.0975 e. The SMILES string of the molecule is Cc1ccccc1C(OCC1CCCCC1)C(C)N. The molecule has 19 heavy (non-hydrogen) atoms. The average molecular weight is 261 g/mol. The fourth-order valence-electron chi connectivity index (χ4n) is 3.02. The van der Waals surface area contributed by atoms with E-state index < -0.39 is 0 Å². The number of nitrogens with two attached hydrogens (primary N) is 1. The van der Waals surface area contributed by atoms with Crippen LogP contribution in [0.15, 0.2) is 24.3 Å². The summed E-state index contributed by atoms with van der Waals surface area (Å²) in [6.07, 6.45) is 6.79. The van der Waals surface area contributed by atoms with Crippen LogP contribution in [-0.4, -0.2) is 12.6 Å². The van der Waals surface area contributed by atoms with Gasteiger partial charge in [-0.25, -0.2) is 0 Å². The summed E-state index contributed by atoms with van der Waals surface area (Å²) >= 11 is 0. The highest BCUT2D eigenvalue weighted by Crippen LogP contribution is 2.28. The number of hydrogen-bond acceptors (Lipinski definition) is 2. The summed E-state index contributed by atoms with van der Waals surface area (Å²) < 4.78 is 6.18. The van der Waals surface area contributed by atoms with E-state index in [1.807, 2.05) is 6.92 Å². The van der Waals surface area contributed by atoms with E-state index in [0.717, 1.165) is 12.5 Å². The highest BCUT2D eigenvalue weighted by atomic mass is 16.5. The topological polar surface area (TPSA) is 35.2 Å². The molecule has 2 rings (SSSR count). The number of ether oxygens (including phenoxy) is 1. The van der Waals surface area contributed by atoms with Gasteiger partial charge in [-0.3, -0.25) is 0 Å². The van der Waals surface area contributed by atoms with Gasteiger partial charge >= 0.3 is 0 Å². The lowest BCUT2D eigenvalue weighted by molar-refractivity contribution is 0.00790. The van der Waals surface area contributed by atoms with Gasteiger partial charge in [0.1, 0.15) is 0 Å². The van der Waals surface area contributed by atoms with Crippen molar-refractivity contribution >= 4 is 0 Å². The molecule has 0 aromatic heterocycles. The second kappa shape index (κ2) is 7.06. The third-order valence-electron chi connectivity index (χ3n) is 4.21. The highest BCUT2D eigenvalue weighted by molar-refractivity contribution is 5.28. The molecule has 0 aliphatic heterocycles. The van der Waals surface area contributed by atoms with Crippen molar-refractivity contribution in [1.82, 2.24) is 0 Å². The number of aryl methyl sites for hydroxylation is 1. The predicted molar refractivity (Wildman–Crippen MR) is 80.1 cm³/mol. The van der Waals surface area contributed by atoms with Crippen molar-refractivity contribution in [1.29, 1.82) is 0 Å². The first-order valence-electron chi connectivity index (χ1n) is 7.61. The van der Waals surface area contributed by atoms with Crippen LogP contribution in [0.25, 0.3) is 0 Å². The zero-order chi connectivity index (χ0) is 13.7. The van der Waals surface area contributed by atoms with Gasteiger partial charge in [-0.15, -0.1) is 0 Å². The lowest BCUT2D eigenvalue weighted by Crippen LogP contribution is -2.29. The summed E-state index contributed by atoms with van der Waals surface area (Å²) in [6, 6.07) is 8.45. The Bertz CT molecular complexity index is 383. The normalized spacial score (nSPS) is 20.2. The van der Waals surface area contributed by atoms with Gasteiger partial charge in [-0.1, -0.05) is 43.5 Å². The number of rotatable bonds is 5. The van der Waals surface area contributed by atoms with Crippen LogP contribution >= 0.6 is 0 Å². The third-order valence-corrected chi connectivity index (χ3v) is 4.21. The molecule has 1 aromatic carbocycles. The first-order chi connectivity index (χ1) is 9.18. The van der Waals surface area contributed by atoms with Crippen molar-refractivity contribution < 1.29 is 4.74 Å². The molecular weight excluding hydrogens is 234 g/mol. The maximum atomic E-state index is 6.18. The molecule has 0 bridgehead atoms. The Labute approximate surface area is 117 Å². The molecule has 1 aromatic rings. The maximum absolute atomic E-state index is 6.18. The lowest BCUT2D eigenvalue weighted by atomic mass is 9.90. The Hall–Kier alpha value is -0.860. The summed E-state index contributed by atoms with van der Waals surface area (Å²) in [6.45, 7) is 5.03. The molecule has 2 atom stereocenters. The number of hydrogen-bond donors (Lipinski definition) is 1. The Morgan fingerprint density at radius 2 is 1.89 bits per heavy atom. The molecule has 106 valence electrons. The van der Waals surface area contributed by atoms with Gasteiger partial charge in [0.25, 0.3) is 0 Å². The van der Waals surface area contributed by atoms with E-state index >= 15 is 0 Å². The maximum Gasteiger partial charge on any atom is 0.0975 e. The minimum absolute atomic E-state index is 0.0307. The number of benzene rings is 1. The van der Waals surface area contributed by atoms with Crippen LogP contribution in [-0.2, 0) is 4.74 Å². The Balaban J connectivity index is 1.98. The van der Waals surface area contributed by atoms with E-state index in [4.69, 9.17) is 10.5 Å². The van der Waals surface area contributed by atoms with Crippen LogP contribution in [0.2, 0.25) is 0 Å². The second-order valence-electron chi connectivity index (χ2n) is 5.97. The average Bonchev–Trinajstić information content (AvgIpc) is 2.42. The summed E-state index contributed by atoms with van der Waals surface area (Å²) in [5.74, 6) is 0.735. The first-order valence-corrected chi connectivity index (χ1v) is 7.61. The minimum Gasteiger partial charge on any atom is -0.372 e. The summed E-state index contributed by atoms with van der Waals surface area (Å²) in [5.41, 5.74) is 8.64. The Morgan fingerprint density at radius 3 is 2.53 bits per heavy atom. The van der Waals surface area contributed by atoms with Crippen LogP contribution in [0, 0.1) is 12.8 Å². The van der Waals surface area contributed by atoms with Crippen LogP contribution < -0.4 is 5.73 Å². The molecule has 0 radical (unpaired) electrons. The van der Waals surface area contributed by atoms with Crippen LogP contribution in [0.4, 0.5) is 0 Å². The summed E-state index contributed by atoms with van der Waals surface area (Å²) in [5, 5.41) is 0. The van der Waals surface area contributed by atoms with Crippen LogP contribution in [0.3, 0.4) is 0 Å². The van der Waals surface area contributed by atoms with Gasteiger partial charge in [-0.2, -0.15) is 0 Å².